The molecule has 0 radical (unpaired) electrons. The molecule has 0 aliphatic carbocycles. The molecule has 1 fully saturated rings. The number of allylic oxidation sites excluding steroid dienone is 3. The summed E-state index contributed by atoms with van der Waals surface area (Å²) < 4.78 is 4.97. The molecular formula is C14H22O3. The van der Waals surface area contributed by atoms with Gasteiger partial charge in [-0.25, -0.2) is 0 Å². The van der Waals surface area contributed by atoms with Crippen LogP contribution in [0.4, 0.5) is 0 Å². The Morgan fingerprint density at radius 3 is 2.94 bits per heavy atom. The summed E-state index contributed by atoms with van der Waals surface area (Å²) in [5.74, 6) is -0.211. The topological polar surface area (TPSA) is 46.5 Å². The van der Waals surface area contributed by atoms with Gasteiger partial charge in [0.25, 0.3) is 0 Å². The number of aliphatic hydroxyl groups is 1. The van der Waals surface area contributed by atoms with Crippen molar-refractivity contribution >= 4 is 5.97 Å². The first-order valence-corrected chi connectivity index (χ1v) is 6.45. The van der Waals surface area contributed by atoms with Crippen LogP contribution in [-0.2, 0) is 9.53 Å². The van der Waals surface area contributed by atoms with Crippen LogP contribution in [0.1, 0.15) is 45.4 Å². The minimum Gasteiger partial charge on any atom is -0.459 e. The van der Waals surface area contributed by atoms with Crippen molar-refractivity contribution in [3.8, 4) is 0 Å². The average molecular weight is 238 g/mol. The second-order valence-electron chi connectivity index (χ2n) is 4.37. The highest BCUT2D eigenvalue weighted by atomic mass is 16.6. The fourth-order valence-corrected chi connectivity index (χ4v) is 1.78. The molecule has 1 rings (SSSR count). The number of esters is 1. The van der Waals surface area contributed by atoms with Crippen LogP contribution in [0.3, 0.4) is 0 Å². The molecule has 2 unspecified atom stereocenters. The van der Waals surface area contributed by atoms with E-state index in [1.807, 2.05) is 12.2 Å². The van der Waals surface area contributed by atoms with Gasteiger partial charge in [-0.15, -0.1) is 0 Å². The zero-order chi connectivity index (χ0) is 12.5. The molecule has 1 aliphatic rings. The molecule has 0 saturated carbocycles. The van der Waals surface area contributed by atoms with Crippen LogP contribution in [0, 0.1) is 0 Å². The first-order valence-electron chi connectivity index (χ1n) is 6.45. The molecule has 0 aromatic heterocycles. The lowest BCUT2D eigenvalue weighted by molar-refractivity contribution is -0.144. The van der Waals surface area contributed by atoms with Crippen molar-refractivity contribution in [2.45, 2.75) is 57.7 Å². The summed E-state index contributed by atoms with van der Waals surface area (Å²) in [6, 6.07) is 0. The Labute approximate surface area is 103 Å². The Bertz CT molecular complexity index is 281. The zero-order valence-electron chi connectivity index (χ0n) is 10.5. The van der Waals surface area contributed by atoms with Gasteiger partial charge in [-0.3, -0.25) is 4.79 Å². The Hall–Kier alpha value is -1.09. The standard InChI is InChI=1S/C14H22O3/c1-2-3-4-5-6-7-8-9-12(15)13-10-11-14(16)17-13/h6-9,12-13,15H,2-5,10-11H2,1H3. The van der Waals surface area contributed by atoms with Gasteiger partial charge in [-0.05, 0) is 19.3 Å². The van der Waals surface area contributed by atoms with E-state index >= 15 is 0 Å². The summed E-state index contributed by atoms with van der Waals surface area (Å²) in [7, 11) is 0. The van der Waals surface area contributed by atoms with E-state index in [0.29, 0.717) is 12.8 Å². The number of hydrogen-bond donors (Lipinski definition) is 1. The van der Waals surface area contributed by atoms with Crippen LogP contribution >= 0.6 is 0 Å². The monoisotopic (exact) mass is 238 g/mol. The highest BCUT2D eigenvalue weighted by Crippen LogP contribution is 2.17. The summed E-state index contributed by atoms with van der Waals surface area (Å²) in [6.07, 6.45) is 12.3. The quantitative estimate of drug-likeness (QED) is 0.421. The zero-order valence-corrected chi connectivity index (χ0v) is 10.5. The van der Waals surface area contributed by atoms with Gasteiger partial charge in [-0.1, -0.05) is 44.1 Å². The molecule has 96 valence electrons. The number of hydrogen-bond acceptors (Lipinski definition) is 3. The second kappa shape index (κ2) is 8.07. The Kier molecular flexibility index (Phi) is 6.63. The molecule has 0 aromatic rings. The lowest BCUT2D eigenvalue weighted by Crippen LogP contribution is -2.23. The van der Waals surface area contributed by atoms with E-state index in [1.54, 1.807) is 6.08 Å². The van der Waals surface area contributed by atoms with Crippen molar-refractivity contribution in [2.24, 2.45) is 0 Å². The lowest BCUT2D eigenvalue weighted by Gasteiger charge is -2.12. The molecule has 2 atom stereocenters. The molecule has 1 heterocycles. The van der Waals surface area contributed by atoms with Crippen LogP contribution in [0.15, 0.2) is 24.3 Å². The third kappa shape index (κ3) is 5.68. The highest BCUT2D eigenvalue weighted by molar-refractivity contribution is 5.71. The van der Waals surface area contributed by atoms with Gasteiger partial charge < -0.3 is 9.84 Å². The van der Waals surface area contributed by atoms with E-state index in [-0.39, 0.29) is 12.1 Å². The number of unbranched alkanes of at least 4 members (excludes halogenated alkanes) is 3. The van der Waals surface area contributed by atoms with Gasteiger partial charge in [0, 0.05) is 6.42 Å². The van der Waals surface area contributed by atoms with Gasteiger partial charge in [0.15, 0.2) is 0 Å². The van der Waals surface area contributed by atoms with Crippen molar-refractivity contribution < 1.29 is 14.6 Å². The maximum atomic E-state index is 10.9. The molecule has 1 saturated heterocycles. The number of ether oxygens (including phenoxy) is 1. The maximum Gasteiger partial charge on any atom is 0.306 e. The van der Waals surface area contributed by atoms with Gasteiger partial charge in [-0.2, -0.15) is 0 Å². The van der Waals surface area contributed by atoms with Crippen molar-refractivity contribution in [3.63, 3.8) is 0 Å². The molecule has 3 nitrogen and oxygen atoms in total. The van der Waals surface area contributed by atoms with Crippen molar-refractivity contribution in [2.75, 3.05) is 0 Å². The van der Waals surface area contributed by atoms with Gasteiger partial charge in [0.05, 0.1) is 0 Å². The minimum absolute atomic E-state index is 0.211. The number of aliphatic hydroxyl groups excluding tert-OH is 1. The molecule has 1 N–H and O–H groups in total. The molecule has 3 heteroatoms. The highest BCUT2D eigenvalue weighted by Gasteiger charge is 2.27. The van der Waals surface area contributed by atoms with Crippen LogP contribution in [-0.4, -0.2) is 23.3 Å². The third-order valence-corrected chi connectivity index (χ3v) is 2.83. The summed E-state index contributed by atoms with van der Waals surface area (Å²) >= 11 is 0. The van der Waals surface area contributed by atoms with E-state index < -0.39 is 6.10 Å². The van der Waals surface area contributed by atoms with E-state index in [4.69, 9.17) is 4.74 Å². The van der Waals surface area contributed by atoms with E-state index in [2.05, 4.69) is 13.0 Å². The SMILES string of the molecule is CCCCCC=CC=CC(O)C1CCC(=O)O1. The summed E-state index contributed by atoms with van der Waals surface area (Å²) in [6.45, 7) is 2.18. The molecular weight excluding hydrogens is 216 g/mol. The largest absolute Gasteiger partial charge is 0.459 e. The van der Waals surface area contributed by atoms with Crippen LogP contribution < -0.4 is 0 Å². The van der Waals surface area contributed by atoms with Crippen molar-refractivity contribution in [1.82, 2.24) is 0 Å². The van der Waals surface area contributed by atoms with E-state index in [1.165, 1.54) is 19.3 Å². The third-order valence-electron chi connectivity index (χ3n) is 2.83. The Balaban J connectivity index is 2.17. The molecule has 0 aromatic carbocycles. The Morgan fingerprint density at radius 2 is 2.29 bits per heavy atom. The maximum absolute atomic E-state index is 10.9. The molecule has 0 amide bonds. The summed E-state index contributed by atoms with van der Waals surface area (Å²) in [4.78, 5) is 10.9. The van der Waals surface area contributed by atoms with Crippen LogP contribution in [0.5, 0.6) is 0 Å². The minimum atomic E-state index is -0.679. The number of cyclic esters (lactones) is 1. The summed E-state index contributed by atoms with van der Waals surface area (Å²) in [5.41, 5.74) is 0. The fraction of sp³-hybridized carbons (Fsp3) is 0.643. The fourth-order valence-electron chi connectivity index (χ4n) is 1.78. The Morgan fingerprint density at radius 1 is 1.47 bits per heavy atom. The second-order valence-corrected chi connectivity index (χ2v) is 4.37. The number of rotatable bonds is 7. The molecule has 17 heavy (non-hydrogen) atoms. The summed E-state index contributed by atoms with van der Waals surface area (Å²) in [5, 5.41) is 9.71. The van der Waals surface area contributed by atoms with Gasteiger partial charge in [0.2, 0.25) is 0 Å². The molecule has 0 spiro atoms. The first kappa shape index (κ1) is 14.0. The van der Waals surface area contributed by atoms with Crippen molar-refractivity contribution in [3.05, 3.63) is 24.3 Å². The molecule has 0 bridgehead atoms. The van der Waals surface area contributed by atoms with Crippen LogP contribution in [0.2, 0.25) is 0 Å². The number of carbonyl (C=O) groups excluding carboxylic acids is 1. The molecule has 1 aliphatic heterocycles. The predicted octanol–water partition coefficient (Wildman–Crippen LogP) is 2.75. The smallest absolute Gasteiger partial charge is 0.306 e. The predicted molar refractivity (Wildman–Crippen MR) is 67.5 cm³/mol. The van der Waals surface area contributed by atoms with Crippen LogP contribution in [0.25, 0.3) is 0 Å². The van der Waals surface area contributed by atoms with E-state index in [0.717, 1.165) is 6.42 Å². The lowest BCUT2D eigenvalue weighted by atomic mass is 10.1. The average Bonchev–Trinajstić information content (AvgIpc) is 2.74. The first-order chi connectivity index (χ1) is 8.24. The van der Waals surface area contributed by atoms with Gasteiger partial charge >= 0.3 is 5.97 Å². The van der Waals surface area contributed by atoms with Crippen molar-refractivity contribution in [1.29, 1.82) is 0 Å². The number of carbonyl (C=O) groups is 1. The normalized spacial score (nSPS) is 22.5. The van der Waals surface area contributed by atoms with E-state index in [9.17, 15) is 9.90 Å². The van der Waals surface area contributed by atoms with Gasteiger partial charge in [0.1, 0.15) is 12.2 Å².